The highest BCUT2D eigenvalue weighted by Crippen LogP contribution is 2.33. The molecule has 2 atom stereocenters. The quantitative estimate of drug-likeness (QED) is 0.773. The molecule has 1 amide bonds. The maximum Gasteiger partial charge on any atom is 0.219 e. The van der Waals surface area contributed by atoms with Crippen molar-refractivity contribution < 1.29 is 14.3 Å². The summed E-state index contributed by atoms with van der Waals surface area (Å²) in [6, 6.07) is 5.88. The zero-order valence-electron chi connectivity index (χ0n) is 18.4. The van der Waals surface area contributed by atoms with Crippen molar-refractivity contribution in [1.29, 1.82) is 0 Å². The monoisotopic (exact) mass is 412 g/mol. The lowest BCUT2D eigenvalue weighted by atomic mass is 9.91. The molecular formula is C23H32N4O3. The first-order valence-corrected chi connectivity index (χ1v) is 10.7. The van der Waals surface area contributed by atoms with Crippen molar-refractivity contribution in [3.8, 4) is 11.5 Å². The van der Waals surface area contributed by atoms with Gasteiger partial charge in [-0.15, -0.1) is 0 Å². The fourth-order valence-corrected chi connectivity index (χ4v) is 4.57. The van der Waals surface area contributed by atoms with Crippen molar-refractivity contribution in [2.75, 3.05) is 26.7 Å². The molecule has 4 rings (SSSR count). The van der Waals surface area contributed by atoms with Gasteiger partial charge in [-0.3, -0.25) is 14.4 Å². The Bertz CT molecular complexity index is 910. The van der Waals surface area contributed by atoms with Crippen LogP contribution in [0.5, 0.6) is 11.5 Å². The first-order chi connectivity index (χ1) is 14.4. The molecule has 0 unspecified atom stereocenters. The van der Waals surface area contributed by atoms with Gasteiger partial charge < -0.3 is 14.4 Å². The molecule has 1 saturated heterocycles. The van der Waals surface area contributed by atoms with Crippen molar-refractivity contribution in [2.24, 2.45) is 13.0 Å². The Morgan fingerprint density at radius 1 is 1.33 bits per heavy atom. The number of benzene rings is 1. The van der Waals surface area contributed by atoms with Crippen LogP contribution in [0.2, 0.25) is 0 Å². The van der Waals surface area contributed by atoms with Crippen molar-refractivity contribution in [2.45, 2.75) is 45.9 Å². The number of fused-ring (bicyclic) bond motifs is 1. The van der Waals surface area contributed by atoms with Gasteiger partial charge in [-0.25, -0.2) is 0 Å². The maximum absolute atomic E-state index is 12.3. The smallest absolute Gasteiger partial charge is 0.219 e. The number of methoxy groups -OCH3 is 1. The Kier molecular flexibility index (Phi) is 5.99. The number of piperidine rings is 1. The number of hydrogen-bond acceptors (Lipinski definition) is 5. The summed E-state index contributed by atoms with van der Waals surface area (Å²) in [5.74, 6) is 2.11. The maximum atomic E-state index is 12.3. The molecule has 3 heterocycles. The Labute approximate surface area is 178 Å². The second-order valence-corrected chi connectivity index (χ2v) is 8.55. The van der Waals surface area contributed by atoms with Crippen molar-refractivity contribution in [1.82, 2.24) is 19.6 Å². The molecule has 162 valence electrons. The van der Waals surface area contributed by atoms with Gasteiger partial charge in [0.1, 0.15) is 17.6 Å². The van der Waals surface area contributed by atoms with Crippen molar-refractivity contribution >= 4 is 5.91 Å². The van der Waals surface area contributed by atoms with Gasteiger partial charge in [-0.05, 0) is 44.5 Å². The third kappa shape index (κ3) is 4.31. The van der Waals surface area contributed by atoms with Crippen molar-refractivity contribution in [3.63, 3.8) is 0 Å². The lowest BCUT2D eigenvalue weighted by molar-refractivity contribution is -0.130. The molecule has 2 aliphatic rings. The number of ether oxygens (including phenoxy) is 2. The molecule has 1 aromatic carbocycles. The Morgan fingerprint density at radius 3 is 2.87 bits per heavy atom. The lowest BCUT2D eigenvalue weighted by Gasteiger charge is -2.37. The summed E-state index contributed by atoms with van der Waals surface area (Å²) in [6.07, 6.45) is 4.22. The summed E-state index contributed by atoms with van der Waals surface area (Å²) in [6.45, 7) is 7.90. The van der Waals surface area contributed by atoms with Crippen LogP contribution in [0.4, 0.5) is 0 Å². The molecule has 30 heavy (non-hydrogen) atoms. The van der Waals surface area contributed by atoms with Crippen LogP contribution in [-0.4, -0.2) is 58.3 Å². The largest absolute Gasteiger partial charge is 0.497 e. The SMILES string of the molecule is COc1ccc2c(c1)CN(C(C)=O)C[C@@H]([C@H]1CCCN(Cc3cnn(C)c3C)C1)O2. The van der Waals surface area contributed by atoms with Crippen LogP contribution < -0.4 is 9.47 Å². The van der Waals surface area contributed by atoms with Gasteiger partial charge in [0.25, 0.3) is 0 Å². The normalized spacial score (nSPS) is 22.2. The fraction of sp³-hybridized carbons (Fsp3) is 0.565. The van der Waals surface area contributed by atoms with Gasteiger partial charge in [-0.1, -0.05) is 0 Å². The van der Waals surface area contributed by atoms with E-state index in [1.807, 2.05) is 41.0 Å². The van der Waals surface area contributed by atoms with Crippen LogP contribution in [0.25, 0.3) is 0 Å². The molecule has 7 heteroatoms. The van der Waals surface area contributed by atoms with E-state index in [9.17, 15) is 4.79 Å². The predicted octanol–water partition coefficient (Wildman–Crippen LogP) is 2.76. The highest BCUT2D eigenvalue weighted by molar-refractivity contribution is 5.73. The number of aromatic nitrogens is 2. The molecule has 0 spiro atoms. The van der Waals surface area contributed by atoms with Crippen molar-refractivity contribution in [3.05, 3.63) is 41.2 Å². The van der Waals surface area contributed by atoms with E-state index < -0.39 is 0 Å². The molecule has 0 N–H and O–H groups in total. The van der Waals surface area contributed by atoms with Gasteiger partial charge in [0, 0.05) is 56.3 Å². The minimum absolute atomic E-state index is 0.0126. The molecule has 7 nitrogen and oxygen atoms in total. The summed E-state index contributed by atoms with van der Waals surface area (Å²) in [7, 11) is 3.64. The van der Waals surface area contributed by atoms with E-state index in [1.165, 1.54) is 11.3 Å². The van der Waals surface area contributed by atoms with Crippen LogP contribution >= 0.6 is 0 Å². The Balaban J connectivity index is 1.52. The van der Waals surface area contributed by atoms with E-state index in [0.717, 1.165) is 49.5 Å². The molecule has 1 fully saturated rings. The highest BCUT2D eigenvalue weighted by atomic mass is 16.5. The topological polar surface area (TPSA) is 59.8 Å². The highest BCUT2D eigenvalue weighted by Gasteiger charge is 2.33. The summed E-state index contributed by atoms with van der Waals surface area (Å²) in [5, 5.41) is 4.38. The number of amides is 1. The van der Waals surface area contributed by atoms with Gasteiger partial charge in [0.15, 0.2) is 0 Å². The standard InChI is InChI=1S/C23H32N4O3/c1-16-20(11-24-25(16)3)13-26-9-5-6-18(12-26)23-15-27(17(2)28)14-19-10-21(29-4)7-8-22(19)30-23/h7-8,10-11,18,23H,5-6,9,12-15H2,1-4H3/t18-,23-/m0/s1. The van der Waals surface area contributed by atoms with Crippen LogP contribution in [0.1, 0.15) is 36.6 Å². The van der Waals surface area contributed by atoms with Crippen LogP contribution in [0.3, 0.4) is 0 Å². The third-order valence-corrected chi connectivity index (χ3v) is 6.55. The zero-order chi connectivity index (χ0) is 21.3. The number of aryl methyl sites for hydroxylation is 1. The van der Waals surface area contributed by atoms with Crippen LogP contribution in [0.15, 0.2) is 24.4 Å². The van der Waals surface area contributed by atoms with E-state index in [0.29, 0.717) is 19.0 Å². The molecule has 2 aliphatic heterocycles. The van der Waals surface area contributed by atoms with E-state index in [1.54, 1.807) is 14.0 Å². The fourth-order valence-electron chi connectivity index (χ4n) is 4.57. The van der Waals surface area contributed by atoms with Gasteiger partial charge in [-0.2, -0.15) is 5.10 Å². The number of likely N-dealkylation sites (tertiary alicyclic amines) is 1. The molecule has 2 aromatic rings. The number of carbonyl (C=O) groups is 1. The summed E-state index contributed by atoms with van der Waals surface area (Å²) >= 11 is 0. The molecular weight excluding hydrogens is 380 g/mol. The second kappa shape index (κ2) is 8.68. The second-order valence-electron chi connectivity index (χ2n) is 8.55. The predicted molar refractivity (Wildman–Crippen MR) is 114 cm³/mol. The van der Waals surface area contributed by atoms with Gasteiger partial charge in [0.2, 0.25) is 5.91 Å². The Morgan fingerprint density at radius 2 is 2.17 bits per heavy atom. The van der Waals surface area contributed by atoms with Gasteiger partial charge >= 0.3 is 0 Å². The molecule has 0 radical (unpaired) electrons. The first-order valence-electron chi connectivity index (χ1n) is 10.7. The van der Waals surface area contributed by atoms with Crippen LogP contribution in [-0.2, 0) is 24.9 Å². The van der Waals surface area contributed by atoms with E-state index >= 15 is 0 Å². The molecule has 1 aromatic heterocycles. The Hall–Kier alpha value is -2.54. The average molecular weight is 413 g/mol. The molecule has 0 saturated carbocycles. The zero-order valence-corrected chi connectivity index (χ0v) is 18.4. The molecule has 0 bridgehead atoms. The average Bonchev–Trinajstić information content (AvgIpc) is 2.95. The number of carbonyl (C=O) groups excluding carboxylic acids is 1. The van der Waals surface area contributed by atoms with E-state index in [-0.39, 0.29) is 12.0 Å². The number of rotatable bonds is 4. The summed E-state index contributed by atoms with van der Waals surface area (Å²) in [4.78, 5) is 16.7. The summed E-state index contributed by atoms with van der Waals surface area (Å²) in [5.41, 5.74) is 3.50. The first kappa shape index (κ1) is 20.7. The lowest BCUT2D eigenvalue weighted by Crippen LogP contribution is -2.46. The number of nitrogens with zero attached hydrogens (tertiary/aromatic N) is 4. The number of hydrogen-bond donors (Lipinski definition) is 0. The van der Waals surface area contributed by atoms with Crippen LogP contribution in [0, 0.1) is 12.8 Å². The van der Waals surface area contributed by atoms with Gasteiger partial charge in [0.05, 0.1) is 19.9 Å². The van der Waals surface area contributed by atoms with E-state index in [2.05, 4.69) is 16.9 Å². The van der Waals surface area contributed by atoms with E-state index in [4.69, 9.17) is 9.47 Å². The third-order valence-electron chi connectivity index (χ3n) is 6.55. The minimum Gasteiger partial charge on any atom is -0.497 e. The molecule has 0 aliphatic carbocycles. The minimum atomic E-state index is -0.0126. The summed E-state index contributed by atoms with van der Waals surface area (Å²) < 4.78 is 13.8.